The van der Waals surface area contributed by atoms with Gasteiger partial charge >= 0.3 is 0 Å². The van der Waals surface area contributed by atoms with Crippen molar-refractivity contribution in [3.63, 3.8) is 0 Å². The van der Waals surface area contributed by atoms with Crippen molar-refractivity contribution in [1.29, 1.82) is 0 Å². The number of benzene rings is 1. The average molecular weight is 373 g/mol. The minimum absolute atomic E-state index is 0.0124. The predicted molar refractivity (Wildman–Crippen MR) is 85.8 cm³/mol. The van der Waals surface area contributed by atoms with E-state index >= 15 is 0 Å². The molecule has 0 atom stereocenters. The number of hydrogen-bond donors (Lipinski definition) is 2. The normalized spacial score (nSPS) is 10.7. The Bertz CT molecular complexity index is 685. The van der Waals surface area contributed by atoms with Crippen molar-refractivity contribution in [3.05, 3.63) is 39.1 Å². The molecule has 1 aromatic heterocycles. The third-order valence-corrected chi connectivity index (χ3v) is 4.46. The number of carbonyl (C=O) groups excluding carboxylic acids is 1. The molecule has 0 aliphatic heterocycles. The van der Waals surface area contributed by atoms with E-state index in [0.717, 1.165) is 15.9 Å². The minimum Gasteiger partial charge on any atom is -0.506 e. The van der Waals surface area contributed by atoms with Gasteiger partial charge in [-0.05, 0) is 48.0 Å². The quantitative estimate of drug-likeness (QED) is 0.805. The molecule has 5 nitrogen and oxygen atoms in total. The molecule has 2 N–H and O–H groups in total. The number of aromatic nitrogens is 2. The first-order chi connectivity index (χ1) is 9.88. The van der Waals surface area contributed by atoms with E-state index in [4.69, 9.17) is 11.6 Å². The number of nitrogens with one attached hydrogen (secondary N) is 1. The van der Waals surface area contributed by atoms with Crippen LogP contribution < -0.4 is 5.32 Å². The van der Waals surface area contributed by atoms with Crippen molar-refractivity contribution in [2.24, 2.45) is 0 Å². The van der Waals surface area contributed by atoms with Crippen molar-refractivity contribution < 1.29 is 9.90 Å². The number of halogens is 2. The largest absolute Gasteiger partial charge is 0.506 e. The molecule has 1 heterocycles. The minimum atomic E-state index is -0.212. The van der Waals surface area contributed by atoms with Gasteiger partial charge in [0.15, 0.2) is 0 Å². The molecule has 0 saturated heterocycles. The fourth-order valence-corrected chi connectivity index (χ4v) is 2.38. The highest BCUT2D eigenvalue weighted by Gasteiger charge is 2.11. The number of amides is 1. The standard InChI is InChI=1S/C14H15BrClN3O2/c1-8-14(15)9(2)19(18-8)6-5-13(21)17-11-7-10(16)3-4-12(11)20/h3-4,7,20H,5-6H2,1-2H3,(H,17,21). The maximum Gasteiger partial charge on any atom is 0.226 e. The van der Waals surface area contributed by atoms with Gasteiger partial charge < -0.3 is 10.4 Å². The summed E-state index contributed by atoms with van der Waals surface area (Å²) in [6.45, 7) is 4.30. The third kappa shape index (κ3) is 3.77. The molecular weight excluding hydrogens is 358 g/mol. The second-order valence-corrected chi connectivity index (χ2v) is 5.90. The summed E-state index contributed by atoms with van der Waals surface area (Å²) in [5.41, 5.74) is 2.17. The number of rotatable bonds is 4. The zero-order chi connectivity index (χ0) is 15.6. The summed E-state index contributed by atoms with van der Waals surface area (Å²) >= 11 is 9.28. The van der Waals surface area contributed by atoms with Crippen molar-refractivity contribution in [2.45, 2.75) is 26.8 Å². The molecular formula is C14H15BrClN3O2. The average Bonchev–Trinajstić information content (AvgIpc) is 2.68. The van der Waals surface area contributed by atoms with E-state index in [9.17, 15) is 9.90 Å². The number of anilines is 1. The zero-order valence-electron chi connectivity index (χ0n) is 11.7. The van der Waals surface area contributed by atoms with Crippen LogP contribution in [0.15, 0.2) is 22.7 Å². The molecule has 0 bridgehead atoms. The van der Waals surface area contributed by atoms with Crippen LogP contribution >= 0.6 is 27.5 Å². The van der Waals surface area contributed by atoms with Gasteiger partial charge in [-0.2, -0.15) is 5.10 Å². The Balaban J connectivity index is 1.99. The van der Waals surface area contributed by atoms with Gasteiger partial charge in [0.05, 0.1) is 22.4 Å². The molecule has 0 spiro atoms. The van der Waals surface area contributed by atoms with E-state index in [2.05, 4.69) is 26.3 Å². The molecule has 0 radical (unpaired) electrons. The maximum atomic E-state index is 11.9. The number of phenolic OH excluding ortho intramolecular Hbond substituents is 1. The Kier molecular flexibility index (Phi) is 4.90. The van der Waals surface area contributed by atoms with Crippen LogP contribution in [0.5, 0.6) is 5.75 Å². The lowest BCUT2D eigenvalue weighted by atomic mass is 10.2. The van der Waals surface area contributed by atoms with Gasteiger partial charge in [0, 0.05) is 17.1 Å². The van der Waals surface area contributed by atoms with E-state index in [1.165, 1.54) is 12.1 Å². The van der Waals surface area contributed by atoms with Crippen LogP contribution in [0.2, 0.25) is 5.02 Å². The number of hydrogen-bond acceptors (Lipinski definition) is 3. The molecule has 0 fully saturated rings. The van der Waals surface area contributed by atoms with Gasteiger partial charge in [-0.15, -0.1) is 0 Å². The number of nitrogens with zero attached hydrogens (tertiary/aromatic N) is 2. The van der Waals surface area contributed by atoms with Crippen LogP contribution in [0.1, 0.15) is 17.8 Å². The van der Waals surface area contributed by atoms with Gasteiger partial charge in [-0.25, -0.2) is 0 Å². The molecule has 112 valence electrons. The molecule has 0 aliphatic carbocycles. The first kappa shape index (κ1) is 15.9. The summed E-state index contributed by atoms with van der Waals surface area (Å²) in [5, 5.41) is 17.1. The molecule has 1 aromatic carbocycles. The van der Waals surface area contributed by atoms with Crippen molar-refractivity contribution in [1.82, 2.24) is 9.78 Å². The first-order valence-electron chi connectivity index (χ1n) is 6.36. The molecule has 1 amide bonds. The van der Waals surface area contributed by atoms with Gasteiger partial charge in [-0.1, -0.05) is 11.6 Å². The topological polar surface area (TPSA) is 67.2 Å². The third-order valence-electron chi connectivity index (χ3n) is 3.08. The smallest absolute Gasteiger partial charge is 0.226 e. The Morgan fingerprint density at radius 3 is 2.81 bits per heavy atom. The molecule has 2 rings (SSSR count). The highest BCUT2D eigenvalue weighted by Crippen LogP contribution is 2.26. The molecule has 21 heavy (non-hydrogen) atoms. The van der Waals surface area contributed by atoms with Crippen molar-refractivity contribution >= 4 is 39.1 Å². The lowest BCUT2D eigenvalue weighted by Crippen LogP contribution is -2.15. The van der Waals surface area contributed by atoms with Crippen LogP contribution in [0.4, 0.5) is 5.69 Å². The molecule has 0 aliphatic rings. The fraction of sp³-hybridized carbons (Fsp3) is 0.286. The summed E-state index contributed by atoms with van der Waals surface area (Å²) in [7, 11) is 0. The van der Waals surface area contributed by atoms with E-state index in [0.29, 0.717) is 17.3 Å². The Labute approximate surface area is 136 Å². The summed E-state index contributed by atoms with van der Waals surface area (Å²) in [4.78, 5) is 11.9. The van der Waals surface area contributed by atoms with Crippen LogP contribution in [-0.2, 0) is 11.3 Å². The monoisotopic (exact) mass is 371 g/mol. The SMILES string of the molecule is Cc1nn(CCC(=O)Nc2cc(Cl)ccc2O)c(C)c1Br. The number of aromatic hydroxyl groups is 1. The number of aryl methyl sites for hydroxylation is 2. The Morgan fingerprint density at radius 1 is 1.48 bits per heavy atom. The summed E-state index contributed by atoms with van der Waals surface area (Å²) < 4.78 is 2.73. The summed E-state index contributed by atoms with van der Waals surface area (Å²) in [6.07, 6.45) is 0.250. The number of carbonyl (C=O) groups is 1. The summed E-state index contributed by atoms with van der Waals surface area (Å²) in [5.74, 6) is -0.224. The Hall–Kier alpha value is -1.53. The number of phenols is 1. The highest BCUT2D eigenvalue weighted by molar-refractivity contribution is 9.10. The molecule has 2 aromatic rings. The van der Waals surface area contributed by atoms with Crippen LogP contribution in [0.25, 0.3) is 0 Å². The zero-order valence-corrected chi connectivity index (χ0v) is 14.0. The second kappa shape index (κ2) is 6.49. The van der Waals surface area contributed by atoms with E-state index in [1.54, 1.807) is 10.7 Å². The molecule has 7 heteroatoms. The second-order valence-electron chi connectivity index (χ2n) is 4.67. The van der Waals surface area contributed by atoms with Crippen LogP contribution in [0.3, 0.4) is 0 Å². The lowest BCUT2D eigenvalue weighted by Gasteiger charge is -2.08. The maximum absolute atomic E-state index is 11.9. The van der Waals surface area contributed by atoms with Crippen molar-refractivity contribution in [2.75, 3.05) is 5.32 Å². The highest BCUT2D eigenvalue weighted by atomic mass is 79.9. The molecule has 0 unspecified atom stereocenters. The van der Waals surface area contributed by atoms with E-state index in [-0.39, 0.29) is 18.1 Å². The molecule has 0 saturated carbocycles. The van der Waals surface area contributed by atoms with Crippen LogP contribution in [-0.4, -0.2) is 20.8 Å². The fourth-order valence-electron chi connectivity index (χ4n) is 1.92. The van der Waals surface area contributed by atoms with Crippen LogP contribution in [0, 0.1) is 13.8 Å². The lowest BCUT2D eigenvalue weighted by molar-refractivity contribution is -0.116. The Morgan fingerprint density at radius 2 is 2.19 bits per heavy atom. The van der Waals surface area contributed by atoms with Crippen molar-refractivity contribution in [3.8, 4) is 5.75 Å². The van der Waals surface area contributed by atoms with Gasteiger partial charge in [-0.3, -0.25) is 9.48 Å². The van der Waals surface area contributed by atoms with E-state index in [1.807, 2.05) is 13.8 Å². The van der Waals surface area contributed by atoms with Gasteiger partial charge in [0.1, 0.15) is 5.75 Å². The van der Waals surface area contributed by atoms with E-state index < -0.39 is 0 Å². The van der Waals surface area contributed by atoms with Gasteiger partial charge in [0.25, 0.3) is 0 Å². The van der Waals surface area contributed by atoms with Gasteiger partial charge in [0.2, 0.25) is 5.91 Å². The predicted octanol–water partition coefficient (Wildman–Crippen LogP) is 3.65. The first-order valence-corrected chi connectivity index (χ1v) is 7.53. The summed E-state index contributed by atoms with van der Waals surface area (Å²) in [6, 6.07) is 4.50.